The number of nitrogens with one attached hydrogen (secondary N) is 2. The van der Waals surface area contributed by atoms with Crippen molar-refractivity contribution in [2.45, 2.75) is 13.8 Å². The van der Waals surface area contributed by atoms with Crippen molar-refractivity contribution in [3.05, 3.63) is 87.9 Å². The molecular weight excluding hydrogens is 454 g/mol. The topological polar surface area (TPSA) is 111 Å². The summed E-state index contributed by atoms with van der Waals surface area (Å²) in [6.45, 7) is 3.65. The number of halogens is 1. The van der Waals surface area contributed by atoms with Crippen LogP contribution in [0.1, 0.15) is 16.7 Å². The number of benzene rings is 3. The maximum Gasteiger partial charge on any atom is 0.266 e. The fourth-order valence-electron chi connectivity index (χ4n) is 3.00. The van der Waals surface area contributed by atoms with Crippen LogP contribution in [-0.2, 0) is 9.59 Å². The molecule has 3 aromatic rings. The Labute approximate surface area is 202 Å². The third kappa shape index (κ3) is 6.37. The fourth-order valence-corrected chi connectivity index (χ4v) is 3.24. The van der Waals surface area contributed by atoms with Crippen LogP contribution in [0.4, 0.5) is 11.4 Å². The van der Waals surface area contributed by atoms with Crippen LogP contribution in [0.25, 0.3) is 6.08 Å². The number of rotatable bonds is 7. The predicted molar refractivity (Wildman–Crippen MR) is 132 cm³/mol. The van der Waals surface area contributed by atoms with Gasteiger partial charge in [-0.3, -0.25) is 9.59 Å². The molecule has 0 unspecified atom stereocenters. The molecule has 0 heterocycles. The molecule has 0 radical (unpaired) electrons. The summed E-state index contributed by atoms with van der Waals surface area (Å²) < 4.78 is 5.53. The van der Waals surface area contributed by atoms with Crippen molar-refractivity contribution in [1.29, 1.82) is 5.26 Å². The van der Waals surface area contributed by atoms with E-state index in [1.165, 1.54) is 36.4 Å². The molecule has 34 heavy (non-hydrogen) atoms. The average Bonchev–Trinajstić information content (AvgIpc) is 2.81. The van der Waals surface area contributed by atoms with Gasteiger partial charge in [0.1, 0.15) is 23.1 Å². The van der Waals surface area contributed by atoms with Gasteiger partial charge < -0.3 is 20.5 Å². The van der Waals surface area contributed by atoms with E-state index in [0.29, 0.717) is 17.0 Å². The minimum Gasteiger partial charge on any atom is -0.508 e. The van der Waals surface area contributed by atoms with Crippen molar-refractivity contribution in [2.24, 2.45) is 0 Å². The van der Waals surface area contributed by atoms with Gasteiger partial charge in [0.05, 0.1) is 5.02 Å². The van der Waals surface area contributed by atoms with Gasteiger partial charge in [0.25, 0.3) is 11.8 Å². The Kier molecular flexibility index (Phi) is 7.91. The van der Waals surface area contributed by atoms with Crippen molar-refractivity contribution in [1.82, 2.24) is 0 Å². The summed E-state index contributed by atoms with van der Waals surface area (Å²) in [6.07, 6.45) is 1.39. The lowest BCUT2D eigenvalue weighted by atomic mass is 10.1. The van der Waals surface area contributed by atoms with Gasteiger partial charge in [-0.05, 0) is 79.1 Å². The first-order valence-electron chi connectivity index (χ1n) is 10.3. The van der Waals surface area contributed by atoms with Crippen LogP contribution in [-0.4, -0.2) is 23.5 Å². The first-order valence-corrected chi connectivity index (χ1v) is 10.6. The zero-order chi connectivity index (χ0) is 24.7. The number of phenolic OH excluding ortho intramolecular Hbond substituents is 1. The highest BCUT2D eigenvalue weighted by molar-refractivity contribution is 6.32. The van der Waals surface area contributed by atoms with Crippen LogP contribution >= 0.6 is 11.6 Å². The second-order valence-corrected chi connectivity index (χ2v) is 7.85. The number of anilines is 2. The average molecular weight is 476 g/mol. The third-order valence-electron chi connectivity index (χ3n) is 4.99. The Morgan fingerprint density at radius 3 is 2.50 bits per heavy atom. The van der Waals surface area contributed by atoms with E-state index in [-0.39, 0.29) is 28.9 Å². The van der Waals surface area contributed by atoms with Gasteiger partial charge in [0.2, 0.25) is 0 Å². The minimum atomic E-state index is -0.604. The molecule has 3 aromatic carbocycles. The van der Waals surface area contributed by atoms with Crippen molar-refractivity contribution in [3.63, 3.8) is 0 Å². The van der Waals surface area contributed by atoms with E-state index in [0.717, 1.165) is 16.8 Å². The molecule has 0 aliphatic carbocycles. The number of ether oxygens (including phenoxy) is 1. The zero-order valence-electron chi connectivity index (χ0n) is 18.6. The highest BCUT2D eigenvalue weighted by atomic mass is 35.5. The second kappa shape index (κ2) is 11.0. The number of phenols is 1. The Balaban J connectivity index is 1.64. The molecule has 3 rings (SSSR count). The lowest BCUT2D eigenvalue weighted by Gasteiger charge is -2.12. The van der Waals surface area contributed by atoms with Crippen LogP contribution in [0.15, 0.2) is 66.2 Å². The van der Waals surface area contributed by atoms with Gasteiger partial charge in [-0.1, -0.05) is 29.8 Å². The van der Waals surface area contributed by atoms with E-state index in [1.54, 1.807) is 12.1 Å². The molecule has 0 atom stereocenters. The number of carbonyl (C=O) groups excluding carboxylic acids is 2. The fraction of sp³-hybridized carbons (Fsp3) is 0.115. The number of aromatic hydroxyl groups is 1. The monoisotopic (exact) mass is 475 g/mol. The van der Waals surface area contributed by atoms with Gasteiger partial charge in [0.15, 0.2) is 6.61 Å². The molecule has 0 saturated carbocycles. The molecular formula is C26H22ClN3O4. The second-order valence-electron chi connectivity index (χ2n) is 7.44. The number of amides is 2. The summed E-state index contributed by atoms with van der Waals surface area (Å²) in [7, 11) is 0. The van der Waals surface area contributed by atoms with Gasteiger partial charge >= 0.3 is 0 Å². The van der Waals surface area contributed by atoms with Crippen LogP contribution in [0.2, 0.25) is 5.02 Å². The van der Waals surface area contributed by atoms with E-state index in [2.05, 4.69) is 10.6 Å². The quantitative estimate of drug-likeness (QED) is 0.246. The molecule has 7 nitrogen and oxygen atoms in total. The number of nitriles is 1. The van der Waals surface area contributed by atoms with Gasteiger partial charge in [-0.2, -0.15) is 5.26 Å². The normalized spacial score (nSPS) is 10.8. The lowest BCUT2D eigenvalue weighted by Crippen LogP contribution is -2.20. The van der Waals surface area contributed by atoms with Crippen molar-refractivity contribution >= 4 is 40.9 Å². The number of aryl methyl sites for hydroxylation is 1. The summed E-state index contributed by atoms with van der Waals surface area (Å²) in [5, 5.41) is 24.3. The Hall–Kier alpha value is -4.28. The summed E-state index contributed by atoms with van der Waals surface area (Å²) in [5.74, 6) is -0.574. The Morgan fingerprint density at radius 2 is 1.82 bits per heavy atom. The van der Waals surface area contributed by atoms with Crippen LogP contribution in [0, 0.1) is 25.2 Å². The standard InChI is InChI=1S/C26H22ClN3O4/c1-16-4-3-5-23(17(16)2)30-25(32)15-34-24-11-6-18(13-22(24)27)12-19(14-28)26(33)29-20-7-9-21(31)10-8-20/h3-13,31H,15H2,1-2H3,(H,29,33)(H,30,32)/b19-12+. The minimum absolute atomic E-state index is 0.0637. The third-order valence-corrected chi connectivity index (χ3v) is 5.29. The first-order chi connectivity index (χ1) is 16.3. The lowest BCUT2D eigenvalue weighted by molar-refractivity contribution is -0.118. The van der Waals surface area contributed by atoms with E-state index in [1.807, 2.05) is 38.1 Å². The molecule has 172 valence electrons. The van der Waals surface area contributed by atoms with E-state index in [9.17, 15) is 20.0 Å². The van der Waals surface area contributed by atoms with E-state index < -0.39 is 5.91 Å². The van der Waals surface area contributed by atoms with Crippen LogP contribution < -0.4 is 15.4 Å². The SMILES string of the molecule is Cc1cccc(NC(=O)COc2ccc(/C=C(\C#N)C(=O)Nc3ccc(O)cc3)cc2Cl)c1C. The van der Waals surface area contributed by atoms with Gasteiger partial charge in [-0.15, -0.1) is 0 Å². The van der Waals surface area contributed by atoms with E-state index in [4.69, 9.17) is 16.3 Å². The summed E-state index contributed by atoms with van der Waals surface area (Å²) in [6, 6.07) is 18.1. The van der Waals surface area contributed by atoms with Crippen molar-refractivity contribution < 1.29 is 19.4 Å². The molecule has 0 aliphatic rings. The molecule has 0 spiro atoms. The molecule has 0 saturated heterocycles. The maximum absolute atomic E-state index is 12.4. The summed E-state index contributed by atoms with van der Waals surface area (Å²) in [5.41, 5.74) is 3.58. The van der Waals surface area contributed by atoms with Gasteiger partial charge in [-0.25, -0.2) is 0 Å². The molecule has 0 fully saturated rings. The highest BCUT2D eigenvalue weighted by Crippen LogP contribution is 2.27. The van der Waals surface area contributed by atoms with Gasteiger partial charge in [0, 0.05) is 11.4 Å². The molecule has 8 heteroatoms. The summed E-state index contributed by atoms with van der Waals surface area (Å²) >= 11 is 6.28. The van der Waals surface area contributed by atoms with Crippen molar-refractivity contribution in [2.75, 3.05) is 17.2 Å². The van der Waals surface area contributed by atoms with Crippen molar-refractivity contribution in [3.8, 4) is 17.6 Å². The first kappa shape index (κ1) is 24.4. The molecule has 0 bridgehead atoms. The van der Waals surface area contributed by atoms with Crippen LogP contribution in [0.5, 0.6) is 11.5 Å². The Bertz CT molecular complexity index is 1290. The molecule has 2 amide bonds. The predicted octanol–water partition coefficient (Wildman–Crippen LogP) is 5.23. The Morgan fingerprint density at radius 1 is 1.09 bits per heavy atom. The van der Waals surface area contributed by atoms with E-state index >= 15 is 0 Å². The molecule has 0 aliphatic heterocycles. The summed E-state index contributed by atoms with van der Waals surface area (Å²) in [4.78, 5) is 24.7. The zero-order valence-corrected chi connectivity index (χ0v) is 19.3. The van der Waals surface area contributed by atoms with Crippen LogP contribution in [0.3, 0.4) is 0 Å². The number of hydrogen-bond donors (Lipinski definition) is 3. The number of hydrogen-bond acceptors (Lipinski definition) is 5. The smallest absolute Gasteiger partial charge is 0.266 e. The molecule has 3 N–H and O–H groups in total. The number of carbonyl (C=O) groups is 2. The number of nitrogens with zero attached hydrogens (tertiary/aromatic N) is 1. The largest absolute Gasteiger partial charge is 0.508 e. The maximum atomic E-state index is 12.4. The molecule has 0 aromatic heterocycles. The highest BCUT2D eigenvalue weighted by Gasteiger charge is 2.12.